The van der Waals surface area contributed by atoms with Gasteiger partial charge in [0, 0.05) is 0 Å². The molecule has 0 fully saturated rings. The van der Waals surface area contributed by atoms with Crippen LogP contribution in [0.4, 0.5) is 0 Å². The molecule has 8 heteroatoms. The maximum Gasteiger partial charge on any atom is 1.00 e. The van der Waals surface area contributed by atoms with Gasteiger partial charge in [0.15, 0.2) is 0 Å². The van der Waals surface area contributed by atoms with Gasteiger partial charge in [-0.05, 0) is 12.8 Å². The van der Waals surface area contributed by atoms with Crippen LogP contribution in [-0.4, -0.2) is 6.10 Å². The maximum atomic E-state index is 10.5. The van der Waals surface area contributed by atoms with Crippen molar-refractivity contribution in [2.24, 2.45) is 0 Å². The molecule has 0 aliphatic heterocycles. The summed E-state index contributed by atoms with van der Waals surface area (Å²) in [4.78, 5) is 25.7. The topological polar surface area (TPSA) is 81.7 Å². The third-order valence-electron chi connectivity index (χ3n) is 5.01. The Bertz CT molecular complexity index is 356. The van der Waals surface area contributed by atoms with Gasteiger partial charge in [0.05, 0.1) is 6.10 Å². The van der Waals surface area contributed by atoms with Crippen molar-refractivity contribution in [3.05, 3.63) is 0 Å². The first-order valence-electron chi connectivity index (χ1n) is 11.4. The normalized spacial score (nSPS) is 12.3. The van der Waals surface area contributed by atoms with Gasteiger partial charge in [-0.1, -0.05) is 117 Å². The SMILES string of the molecule is CCCCCCCCCCCCCCCCCC(CCC)OOP(=O)([O-])[O-].[K+].[K+]. The molecule has 1 unspecified atom stereocenters. The Balaban J connectivity index is -0.00000338. The minimum Gasteiger partial charge on any atom is -0.788 e. The molecule has 0 aromatic rings. The van der Waals surface area contributed by atoms with E-state index in [0.717, 1.165) is 25.7 Å². The van der Waals surface area contributed by atoms with E-state index in [0.29, 0.717) is 6.42 Å². The molecule has 0 spiro atoms. The Kier molecular flexibility index (Phi) is 35.1. The van der Waals surface area contributed by atoms with Gasteiger partial charge in [-0.15, -0.1) is 0 Å². The van der Waals surface area contributed by atoms with Crippen LogP contribution in [0.25, 0.3) is 0 Å². The Morgan fingerprint density at radius 1 is 0.621 bits per heavy atom. The van der Waals surface area contributed by atoms with Crippen molar-refractivity contribution >= 4 is 7.82 Å². The number of hydrogen-bond donors (Lipinski definition) is 0. The quantitative estimate of drug-likeness (QED) is 0.0764. The third-order valence-corrected chi connectivity index (χ3v) is 5.28. The molecule has 0 rings (SSSR count). The van der Waals surface area contributed by atoms with E-state index in [1.54, 1.807) is 0 Å². The summed E-state index contributed by atoms with van der Waals surface area (Å²) in [6, 6.07) is 0. The van der Waals surface area contributed by atoms with Gasteiger partial charge in [-0.3, -0.25) is 0 Å². The zero-order chi connectivity index (χ0) is 20.2. The summed E-state index contributed by atoms with van der Waals surface area (Å²) in [5.74, 6) is 0. The molecule has 0 aliphatic carbocycles. The van der Waals surface area contributed by atoms with E-state index < -0.39 is 7.82 Å². The molecule has 0 bridgehead atoms. The minimum atomic E-state index is -5.04. The molecule has 0 saturated heterocycles. The van der Waals surface area contributed by atoms with E-state index in [1.807, 2.05) is 6.92 Å². The zero-order valence-corrected chi connectivity index (χ0v) is 26.9. The molecule has 0 amide bonds. The summed E-state index contributed by atoms with van der Waals surface area (Å²) in [5.41, 5.74) is 0. The Hall–Kier alpha value is 3.34. The van der Waals surface area contributed by atoms with E-state index in [9.17, 15) is 14.4 Å². The number of phosphoric acid groups is 1. The van der Waals surface area contributed by atoms with Crippen molar-refractivity contribution in [3.8, 4) is 0 Å². The molecule has 0 radical (unpaired) electrons. The van der Waals surface area contributed by atoms with E-state index in [1.165, 1.54) is 83.5 Å². The molecule has 164 valence electrons. The van der Waals surface area contributed by atoms with E-state index >= 15 is 0 Å². The fraction of sp³-hybridized carbons (Fsp3) is 1.00. The van der Waals surface area contributed by atoms with Crippen LogP contribution in [0.3, 0.4) is 0 Å². The van der Waals surface area contributed by atoms with Crippen molar-refractivity contribution in [1.82, 2.24) is 0 Å². The molecular formula is C21H43K2O5P. The second-order valence-electron chi connectivity index (χ2n) is 7.77. The maximum absolute atomic E-state index is 10.5. The van der Waals surface area contributed by atoms with Crippen molar-refractivity contribution < 1.29 is 127 Å². The minimum absolute atomic E-state index is 0. The average Bonchev–Trinajstić information content (AvgIpc) is 2.62. The molecule has 0 aliphatic rings. The van der Waals surface area contributed by atoms with Crippen LogP contribution in [0.5, 0.6) is 0 Å². The summed E-state index contributed by atoms with van der Waals surface area (Å²) >= 11 is 0. The number of unbranched alkanes of at least 4 members (excludes halogenated alkanes) is 14. The summed E-state index contributed by atoms with van der Waals surface area (Å²) in [6.07, 6.45) is 21.7. The summed E-state index contributed by atoms with van der Waals surface area (Å²) in [5, 5.41) is 0. The van der Waals surface area contributed by atoms with Crippen molar-refractivity contribution in [3.63, 3.8) is 0 Å². The zero-order valence-electron chi connectivity index (χ0n) is 19.8. The Labute approximate surface area is 265 Å². The van der Waals surface area contributed by atoms with Gasteiger partial charge in [0.25, 0.3) is 0 Å². The fourth-order valence-electron chi connectivity index (χ4n) is 3.42. The largest absolute Gasteiger partial charge is 1.00 e. The van der Waals surface area contributed by atoms with Gasteiger partial charge in [-0.2, -0.15) is 0 Å². The van der Waals surface area contributed by atoms with Crippen LogP contribution >= 0.6 is 7.82 Å². The van der Waals surface area contributed by atoms with Crippen molar-refractivity contribution in [2.75, 3.05) is 0 Å². The van der Waals surface area contributed by atoms with Crippen LogP contribution in [0.1, 0.15) is 129 Å². The average molecular weight is 485 g/mol. The third kappa shape index (κ3) is 31.3. The summed E-state index contributed by atoms with van der Waals surface area (Å²) in [6.45, 7) is 4.26. The predicted octanol–water partition coefficient (Wildman–Crippen LogP) is 0.202. The second kappa shape index (κ2) is 27.6. The van der Waals surface area contributed by atoms with Gasteiger partial charge < -0.3 is 14.4 Å². The van der Waals surface area contributed by atoms with Gasteiger partial charge in [0.2, 0.25) is 0 Å². The van der Waals surface area contributed by atoms with Crippen LogP contribution in [0.15, 0.2) is 0 Å². The van der Waals surface area contributed by atoms with Crippen LogP contribution < -0.4 is 113 Å². The summed E-state index contributed by atoms with van der Waals surface area (Å²) < 4.78 is 14.4. The van der Waals surface area contributed by atoms with Crippen LogP contribution in [-0.2, 0) is 14.1 Å². The molecule has 0 aromatic carbocycles. The first-order chi connectivity index (χ1) is 13.0. The van der Waals surface area contributed by atoms with Crippen molar-refractivity contribution in [1.29, 1.82) is 0 Å². The van der Waals surface area contributed by atoms with Crippen LogP contribution in [0.2, 0.25) is 0 Å². The monoisotopic (exact) mass is 484 g/mol. The van der Waals surface area contributed by atoms with Gasteiger partial charge >= 0.3 is 103 Å². The van der Waals surface area contributed by atoms with E-state index in [2.05, 4.69) is 11.6 Å². The van der Waals surface area contributed by atoms with Crippen molar-refractivity contribution in [2.45, 2.75) is 136 Å². The Morgan fingerprint density at radius 3 is 1.34 bits per heavy atom. The number of hydrogen-bond acceptors (Lipinski definition) is 5. The smallest absolute Gasteiger partial charge is 0.788 e. The molecule has 29 heavy (non-hydrogen) atoms. The molecule has 1 atom stereocenters. The standard InChI is InChI=1S/C21H45O5P.2K/c1-3-5-6-7-8-9-10-11-12-13-14-15-16-17-18-20-21(19-4-2)25-26-27(22,23)24;;/h21H,3-20H2,1-2H3,(H2,22,23,24);;/q;2*+1/p-2. The molecule has 0 N–H and O–H groups in total. The fourth-order valence-corrected chi connectivity index (χ4v) is 3.65. The Morgan fingerprint density at radius 2 is 1.00 bits per heavy atom. The molecule has 0 saturated carbocycles. The first-order valence-corrected chi connectivity index (χ1v) is 12.8. The molecule has 0 heterocycles. The molecular weight excluding hydrogens is 441 g/mol. The number of rotatable bonds is 21. The van der Waals surface area contributed by atoms with Gasteiger partial charge in [0.1, 0.15) is 7.82 Å². The second-order valence-corrected chi connectivity index (χ2v) is 8.81. The van der Waals surface area contributed by atoms with Gasteiger partial charge in [-0.25, -0.2) is 9.56 Å². The molecule has 5 nitrogen and oxygen atoms in total. The predicted molar refractivity (Wildman–Crippen MR) is 108 cm³/mol. The first kappa shape index (κ1) is 36.9. The van der Waals surface area contributed by atoms with E-state index in [-0.39, 0.29) is 109 Å². The molecule has 0 aromatic heterocycles. The van der Waals surface area contributed by atoms with E-state index in [4.69, 9.17) is 4.89 Å². The van der Waals surface area contributed by atoms with Crippen LogP contribution in [0, 0.1) is 0 Å². The summed E-state index contributed by atoms with van der Waals surface area (Å²) in [7, 11) is -5.04.